The van der Waals surface area contributed by atoms with Gasteiger partial charge in [-0.2, -0.15) is 0 Å². The zero-order chi connectivity index (χ0) is 43.5. The second-order valence-corrected chi connectivity index (χ2v) is 16.3. The molecule has 1 unspecified atom stereocenters. The Kier molecular flexibility index (Phi) is 48.0. The quantitative estimate of drug-likeness (QED) is 0.0347. The van der Waals surface area contributed by atoms with Crippen molar-refractivity contribution in [2.75, 3.05) is 19.8 Å². The lowest BCUT2D eigenvalue weighted by atomic mass is 10.0. The number of hydrogen-bond acceptors (Lipinski definition) is 5. The summed E-state index contributed by atoms with van der Waals surface area (Å²) in [5.41, 5.74) is 0. The lowest BCUT2D eigenvalue weighted by Gasteiger charge is -2.18. The van der Waals surface area contributed by atoms with Crippen molar-refractivity contribution in [2.45, 2.75) is 232 Å². The van der Waals surface area contributed by atoms with Gasteiger partial charge < -0.3 is 14.2 Å². The maximum atomic E-state index is 12.8. The van der Waals surface area contributed by atoms with E-state index in [0.717, 1.165) is 77.0 Å². The molecule has 0 aliphatic heterocycles. The van der Waals surface area contributed by atoms with Crippen molar-refractivity contribution in [2.24, 2.45) is 0 Å². The van der Waals surface area contributed by atoms with E-state index in [2.05, 4.69) is 106 Å². The largest absolute Gasteiger partial charge is 0.462 e. The third-order valence-electron chi connectivity index (χ3n) is 10.4. The molecular weight excluding hydrogens is 741 g/mol. The second kappa shape index (κ2) is 50.4. The Morgan fingerprint density at radius 2 is 0.800 bits per heavy atom. The van der Waals surface area contributed by atoms with E-state index >= 15 is 0 Å². The van der Waals surface area contributed by atoms with Gasteiger partial charge in [-0.1, -0.05) is 215 Å². The molecule has 0 rings (SSSR count). The Labute approximate surface area is 371 Å². The van der Waals surface area contributed by atoms with E-state index < -0.39 is 6.10 Å². The first-order valence-corrected chi connectivity index (χ1v) is 25.1. The number of carbonyl (C=O) groups excluding carboxylic acids is 2. The maximum Gasteiger partial charge on any atom is 0.306 e. The fourth-order valence-corrected chi connectivity index (χ4v) is 6.70. The minimum atomic E-state index is -0.565. The van der Waals surface area contributed by atoms with E-state index in [4.69, 9.17) is 14.2 Å². The average molecular weight is 835 g/mol. The van der Waals surface area contributed by atoms with Gasteiger partial charge in [0.25, 0.3) is 0 Å². The van der Waals surface area contributed by atoms with Gasteiger partial charge in [-0.15, -0.1) is 0 Å². The first-order chi connectivity index (χ1) is 29.6. The number of hydrogen-bond donors (Lipinski definition) is 0. The van der Waals surface area contributed by atoms with Crippen LogP contribution in [0.25, 0.3) is 0 Å². The minimum absolute atomic E-state index is 0.0499. The van der Waals surface area contributed by atoms with E-state index in [0.29, 0.717) is 19.4 Å². The summed E-state index contributed by atoms with van der Waals surface area (Å²) in [6.45, 7) is 7.57. The molecule has 0 aromatic heterocycles. The minimum Gasteiger partial charge on any atom is -0.462 e. The molecule has 1 atom stereocenters. The van der Waals surface area contributed by atoms with Crippen LogP contribution in [-0.2, 0) is 23.8 Å². The third-order valence-corrected chi connectivity index (χ3v) is 10.4. The highest BCUT2D eigenvalue weighted by atomic mass is 16.6. The second-order valence-electron chi connectivity index (χ2n) is 16.3. The van der Waals surface area contributed by atoms with Crippen molar-refractivity contribution in [3.05, 3.63) is 85.1 Å². The van der Waals surface area contributed by atoms with Crippen LogP contribution in [0.1, 0.15) is 226 Å². The Morgan fingerprint density at radius 3 is 1.32 bits per heavy atom. The summed E-state index contributed by atoms with van der Waals surface area (Å²) in [6.07, 6.45) is 65.9. The highest BCUT2D eigenvalue weighted by Crippen LogP contribution is 2.14. The van der Waals surface area contributed by atoms with Gasteiger partial charge in [0.2, 0.25) is 0 Å². The van der Waals surface area contributed by atoms with Crippen LogP contribution in [0.15, 0.2) is 85.1 Å². The molecule has 5 nitrogen and oxygen atoms in total. The van der Waals surface area contributed by atoms with Crippen LogP contribution >= 0.6 is 0 Å². The summed E-state index contributed by atoms with van der Waals surface area (Å²) in [5, 5.41) is 0. The first kappa shape index (κ1) is 57.1. The number of ether oxygens (including phenoxy) is 3. The highest BCUT2D eigenvalue weighted by molar-refractivity contribution is 5.70. The molecular formula is C55H94O5. The molecule has 0 amide bonds. The Balaban J connectivity index is 4.37. The molecule has 0 fully saturated rings. The lowest BCUT2D eigenvalue weighted by Crippen LogP contribution is -2.30. The summed E-state index contributed by atoms with van der Waals surface area (Å²) in [7, 11) is 0. The van der Waals surface area contributed by atoms with E-state index in [1.165, 1.54) is 116 Å². The van der Waals surface area contributed by atoms with Crippen molar-refractivity contribution in [1.29, 1.82) is 0 Å². The van der Waals surface area contributed by atoms with Crippen molar-refractivity contribution in [3.8, 4) is 0 Å². The summed E-state index contributed by atoms with van der Waals surface area (Å²) in [4.78, 5) is 25.3. The molecule has 0 bridgehead atoms. The summed E-state index contributed by atoms with van der Waals surface area (Å²) in [6, 6.07) is 0. The van der Waals surface area contributed by atoms with Crippen molar-refractivity contribution < 1.29 is 23.8 Å². The highest BCUT2D eigenvalue weighted by Gasteiger charge is 2.17. The molecule has 0 heterocycles. The molecule has 0 aliphatic carbocycles. The molecule has 0 N–H and O–H groups in total. The van der Waals surface area contributed by atoms with Crippen LogP contribution in [0.3, 0.4) is 0 Å². The van der Waals surface area contributed by atoms with Crippen LogP contribution in [0, 0.1) is 0 Å². The van der Waals surface area contributed by atoms with Crippen LogP contribution in [0.2, 0.25) is 0 Å². The fourth-order valence-electron chi connectivity index (χ4n) is 6.70. The molecule has 344 valence electrons. The van der Waals surface area contributed by atoms with Gasteiger partial charge in [0.05, 0.1) is 6.61 Å². The van der Waals surface area contributed by atoms with E-state index in [-0.39, 0.29) is 25.2 Å². The molecule has 5 heteroatoms. The van der Waals surface area contributed by atoms with E-state index in [9.17, 15) is 9.59 Å². The lowest BCUT2D eigenvalue weighted by molar-refractivity contribution is -0.163. The van der Waals surface area contributed by atoms with Gasteiger partial charge in [-0.25, -0.2) is 0 Å². The predicted octanol–water partition coefficient (Wildman–Crippen LogP) is 16.9. The Bertz CT molecular complexity index is 1130. The maximum absolute atomic E-state index is 12.8. The Hall–Kier alpha value is -2.92. The number of esters is 2. The van der Waals surface area contributed by atoms with Gasteiger partial charge in [0.15, 0.2) is 6.10 Å². The van der Waals surface area contributed by atoms with Gasteiger partial charge >= 0.3 is 11.9 Å². The van der Waals surface area contributed by atoms with Crippen LogP contribution < -0.4 is 0 Å². The zero-order valence-corrected chi connectivity index (χ0v) is 39.5. The molecule has 0 spiro atoms. The topological polar surface area (TPSA) is 61.8 Å². The monoisotopic (exact) mass is 835 g/mol. The molecule has 0 saturated carbocycles. The van der Waals surface area contributed by atoms with Crippen LogP contribution in [-0.4, -0.2) is 37.9 Å². The number of rotatable bonds is 45. The van der Waals surface area contributed by atoms with Crippen LogP contribution in [0.5, 0.6) is 0 Å². The SMILES string of the molecule is CC/C=C\C/C=C\C/C=C\C/C=C\C/C=C\CCCC(=O)OCC(COCCCCCCCC/C=C\C/C=C\CCC)OC(=O)CCCCCCCCCCCCCCC. The van der Waals surface area contributed by atoms with E-state index in [1.807, 2.05) is 0 Å². The zero-order valence-electron chi connectivity index (χ0n) is 39.5. The normalized spacial score (nSPS) is 12.9. The summed E-state index contributed by atoms with van der Waals surface area (Å²) in [5.74, 6) is -0.469. The first-order valence-electron chi connectivity index (χ1n) is 25.1. The van der Waals surface area contributed by atoms with Gasteiger partial charge in [0, 0.05) is 19.4 Å². The smallest absolute Gasteiger partial charge is 0.306 e. The van der Waals surface area contributed by atoms with Gasteiger partial charge in [-0.05, 0) is 83.5 Å². The van der Waals surface area contributed by atoms with Crippen LogP contribution in [0.4, 0.5) is 0 Å². The molecule has 0 radical (unpaired) electrons. The standard InChI is InChI=1S/C55H94O5/c1-4-7-10-13-16-19-22-25-27-28-29-31-33-36-39-42-45-48-54(56)59-52-53(51-58-50-47-44-41-38-35-32-26-23-20-17-14-11-8-5-2)60-55(57)49-46-43-40-37-34-30-24-21-18-15-12-9-6-3/h7,10-11,14,16,19-20,23,25,27,29,31,36,39,53H,4-6,8-9,12-13,15,17-18,21-22,24,26,28,30,32-35,37-38,40-52H2,1-3H3/b10-7-,14-11-,19-16-,23-20-,27-25-,31-29-,39-36-. The summed E-state index contributed by atoms with van der Waals surface area (Å²) < 4.78 is 17.3. The number of carbonyl (C=O) groups is 2. The Morgan fingerprint density at radius 1 is 0.383 bits per heavy atom. The predicted molar refractivity (Wildman–Crippen MR) is 260 cm³/mol. The number of unbranched alkanes of at least 4 members (excludes halogenated alkanes) is 20. The molecule has 0 aliphatic rings. The van der Waals surface area contributed by atoms with Gasteiger partial charge in [0.1, 0.15) is 6.61 Å². The van der Waals surface area contributed by atoms with Crippen molar-refractivity contribution in [1.82, 2.24) is 0 Å². The molecule has 0 aromatic rings. The fraction of sp³-hybridized carbons (Fsp3) is 0.709. The van der Waals surface area contributed by atoms with Crippen molar-refractivity contribution in [3.63, 3.8) is 0 Å². The average Bonchev–Trinajstić information content (AvgIpc) is 3.25. The van der Waals surface area contributed by atoms with Gasteiger partial charge in [-0.3, -0.25) is 9.59 Å². The summed E-state index contributed by atoms with van der Waals surface area (Å²) >= 11 is 0. The molecule has 0 saturated heterocycles. The van der Waals surface area contributed by atoms with E-state index in [1.54, 1.807) is 0 Å². The number of allylic oxidation sites excluding steroid dienone is 14. The molecule has 60 heavy (non-hydrogen) atoms. The van der Waals surface area contributed by atoms with Crippen molar-refractivity contribution >= 4 is 11.9 Å². The third kappa shape index (κ3) is 47.8. The molecule has 0 aromatic carbocycles.